The third-order valence-corrected chi connectivity index (χ3v) is 5.15. The predicted octanol–water partition coefficient (Wildman–Crippen LogP) is 3.39. The van der Waals surface area contributed by atoms with Crippen LogP contribution in [-0.2, 0) is 19.6 Å². The van der Waals surface area contributed by atoms with E-state index < -0.39 is 0 Å². The van der Waals surface area contributed by atoms with Crippen molar-refractivity contribution in [3.63, 3.8) is 0 Å². The number of aryl methyl sites for hydroxylation is 2. The molecule has 0 fully saturated rings. The molecule has 144 valence electrons. The molecule has 6 heteroatoms. The number of pyridine rings is 1. The smallest absolute Gasteiger partial charge is 0.259 e. The van der Waals surface area contributed by atoms with E-state index in [1.165, 1.54) is 5.56 Å². The maximum absolute atomic E-state index is 13.2. The topological polar surface area (TPSA) is 54.3 Å². The summed E-state index contributed by atoms with van der Waals surface area (Å²) in [6.45, 7) is 7.83. The zero-order valence-corrected chi connectivity index (χ0v) is 16.6. The van der Waals surface area contributed by atoms with Crippen molar-refractivity contribution in [2.24, 2.45) is 0 Å². The summed E-state index contributed by atoms with van der Waals surface area (Å²) in [7, 11) is 0. The van der Waals surface area contributed by atoms with E-state index >= 15 is 0 Å². The quantitative estimate of drug-likeness (QED) is 0.700. The van der Waals surface area contributed by atoms with Crippen LogP contribution in [0.5, 0.6) is 0 Å². The minimum atomic E-state index is 0.0494. The monoisotopic (exact) mass is 375 g/mol. The van der Waals surface area contributed by atoms with Gasteiger partial charge in [-0.3, -0.25) is 24.1 Å². The zero-order chi connectivity index (χ0) is 19.7. The third kappa shape index (κ3) is 3.43. The molecule has 1 aromatic carbocycles. The lowest BCUT2D eigenvalue weighted by Gasteiger charge is -2.38. The summed E-state index contributed by atoms with van der Waals surface area (Å²) in [5, 5.41) is 0. The molecule has 0 saturated carbocycles. The van der Waals surface area contributed by atoms with Crippen molar-refractivity contribution < 1.29 is 0 Å². The van der Waals surface area contributed by atoms with Crippen LogP contribution >= 0.6 is 0 Å². The van der Waals surface area contributed by atoms with Gasteiger partial charge in [0.25, 0.3) is 5.56 Å². The Labute approximate surface area is 165 Å². The van der Waals surface area contributed by atoms with Crippen molar-refractivity contribution in [2.75, 3.05) is 11.6 Å². The highest BCUT2D eigenvalue weighted by molar-refractivity contribution is 5.59. The molecule has 0 bridgehead atoms. The van der Waals surface area contributed by atoms with E-state index in [9.17, 15) is 4.79 Å². The molecule has 3 heterocycles. The summed E-state index contributed by atoms with van der Waals surface area (Å²) in [6, 6.07) is 14.2. The van der Waals surface area contributed by atoms with Gasteiger partial charge in [0.15, 0.2) is 0 Å². The second kappa shape index (κ2) is 7.56. The molecule has 0 unspecified atom stereocenters. The van der Waals surface area contributed by atoms with E-state index in [0.717, 1.165) is 22.6 Å². The van der Waals surface area contributed by atoms with Gasteiger partial charge in [0.1, 0.15) is 0 Å². The molecule has 6 nitrogen and oxygen atoms in total. The van der Waals surface area contributed by atoms with Crippen molar-refractivity contribution >= 4 is 11.6 Å². The van der Waals surface area contributed by atoms with Crippen LogP contribution in [0.3, 0.4) is 0 Å². The van der Waals surface area contributed by atoms with Gasteiger partial charge in [-0.2, -0.15) is 0 Å². The molecule has 1 aliphatic heterocycles. The number of benzene rings is 1. The first kappa shape index (κ1) is 18.4. The van der Waals surface area contributed by atoms with Gasteiger partial charge in [-0.05, 0) is 50.1 Å². The molecule has 0 aliphatic carbocycles. The highest BCUT2D eigenvalue weighted by Crippen LogP contribution is 2.28. The average molecular weight is 375 g/mol. The number of aromatic nitrogens is 3. The molecule has 0 atom stereocenters. The highest BCUT2D eigenvalue weighted by Gasteiger charge is 2.27. The second-order valence-electron chi connectivity index (χ2n) is 7.26. The maximum atomic E-state index is 13.2. The highest BCUT2D eigenvalue weighted by atomic mass is 16.1. The minimum Gasteiger partial charge on any atom is -0.298 e. The first-order valence-electron chi connectivity index (χ1n) is 9.63. The summed E-state index contributed by atoms with van der Waals surface area (Å²) >= 11 is 0. The van der Waals surface area contributed by atoms with Gasteiger partial charge >= 0.3 is 0 Å². The Morgan fingerprint density at radius 2 is 1.93 bits per heavy atom. The van der Waals surface area contributed by atoms with Crippen molar-refractivity contribution in [1.82, 2.24) is 19.4 Å². The lowest BCUT2D eigenvalue weighted by molar-refractivity contribution is 0.187. The lowest BCUT2D eigenvalue weighted by atomic mass is 10.2. The molecular formula is C22H25N5O. The Bertz CT molecular complexity index is 1040. The third-order valence-electron chi connectivity index (χ3n) is 5.15. The van der Waals surface area contributed by atoms with Gasteiger partial charge in [-0.15, -0.1) is 0 Å². The Morgan fingerprint density at radius 1 is 1.07 bits per heavy atom. The summed E-state index contributed by atoms with van der Waals surface area (Å²) < 4.78 is 1.79. The second-order valence-corrected chi connectivity index (χ2v) is 7.26. The van der Waals surface area contributed by atoms with Crippen LogP contribution in [0, 0.1) is 13.8 Å². The Balaban J connectivity index is 1.80. The molecule has 0 radical (unpaired) electrons. The molecule has 2 aromatic heterocycles. The standard InChI is InChI=1S/C22H25N5O/c1-4-20-17(3)24-22-26(19-10-7-8-16(2)12-19)14-25(15-27(22)21(20)28)13-18-9-5-6-11-23-18/h5-12H,4,13-15H2,1-3H3. The summed E-state index contributed by atoms with van der Waals surface area (Å²) in [5.74, 6) is 0.711. The number of anilines is 2. The molecular weight excluding hydrogens is 350 g/mol. The van der Waals surface area contributed by atoms with Gasteiger partial charge in [0.05, 0.1) is 19.0 Å². The normalized spacial score (nSPS) is 14.2. The predicted molar refractivity (Wildman–Crippen MR) is 111 cm³/mol. The maximum Gasteiger partial charge on any atom is 0.259 e. The van der Waals surface area contributed by atoms with Crippen molar-refractivity contribution in [3.8, 4) is 0 Å². The Kier molecular flexibility index (Phi) is 4.96. The first-order chi connectivity index (χ1) is 13.6. The molecule has 0 amide bonds. The van der Waals surface area contributed by atoms with E-state index in [-0.39, 0.29) is 5.56 Å². The largest absolute Gasteiger partial charge is 0.298 e. The van der Waals surface area contributed by atoms with Crippen LogP contribution in [0.15, 0.2) is 53.5 Å². The molecule has 28 heavy (non-hydrogen) atoms. The number of rotatable bonds is 4. The van der Waals surface area contributed by atoms with Gasteiger partial charge in [-0.25, -0.2) is 4.98 Å². The number of hydrogen-bond acceptors (Lipinski definition) is 5. The van der Waals surface area contributed by atoms with Gasteiger partial charge in [0.2, 0.25) is 5.95 Å². The Hall–Kier alpha value is -2.99. The summed E-state index contributed by atoms with van der Waals surface area (Å²) in [6.07, 6.45) is 2.49. The van der Waals surface area contributed by atoms with Crippen LogP contribution in [-0.4, -0.2) is 26.1 Å². The molecule has 0 saturated heterocycles. The summed E-state index contributed by atoms with van der Waals surface area (Å²) in [4.78, 5) is 26.8. The number of nitrogens with zero attached hydrogens (tertiary/aromatic N) is 5. The van der Waals surface area contributed by atoms with Crippen molar-refractivity contribution in [3.05, 3.63) is 81.5 Å². The molecule has 4 rings (SSSR count). The number of fused-ring (bicyclic) bond motifs is 1. The van der Waals surface area contributed by atoms with Gasteiger partial charge in [-0.1, -0.05) is 25.1 Å². The molecule has 3 aromatic rings. The summed E-state index contributed by atoms with van der Waals surface area (Å²) in [5.41, 5.74) is 4.85. The number of hydrogen-bond donors (Lipinski definition) is 0. The van der Waals surface area contributed by atoms with Crippen LogP contribution in [0.25, 0.3) is 0 Å². The fraction of sp³-hybridized carbons (Fsp3) is 0.318. The fourth-order valence-electron chi connectivity index (χ4n) is 3.75. The zero-order valence-electron chi connectivity index (χ0n) is 16.6. The first-order valence-corrected chi connectivity index (χ1v) is 9.63. The molecule has 1 aliphatic rings. The van der Waals surface area contributed by atoms with E-state index in [4.69, 9.17) is 4.98 Å². The fourth-order valence-corrected chi connectivity index (χ4v) is 3.75. The average Bonchev–Trinajstić information content (AvgIpc) is 2.69. The Morgan fingerprint density at radius 3 is 2.64 bits per heavy atom. The van der Waals surface area contributed by atoms with Crippen molar-refractivity contribution in [2.45, 2.75) is 40.4 Å². The van der Waals surface area contributed by atoms with Crippen LogP contribution in [0.1, 0.15) is 29.4 Å². The van der Waals surface area contributed by atoms with Crippen molar-refractivity contribution in [1.29, 1.82) is 0 Å². The van der Waals surface area contributed by atoms with E-state index in [2.05, 4.69) is 39.9 Å². The minimum absolute atomic E-state index is 0.0494. The van der Waals surface area contributed by atoms with Gasteiger partial charge in [0, 0.05) is 29.7 Å². The van der Waals surface area contributed by atoms with E-state index in [1.54, 1.807) is 10.8 Å². The van der Waals surface area contributed by atoms with E-state index in [0.29, 0.717) is 32.3 Å². The molecule has 0 N–H and O–H groups in total. The van der Waals surface area contributed by atoms with E-state index in [1.807, 2.05) is 38.1 Å². The lowest BCUT2D eigenvalue weighted by Crippen LogP contribution is -2.47. The van der Waals surface area contributed by atoms with Gasteiger partial charge < -0.3 is 0 Å². The van der Waals surface area contributed by atoms with Crippen LogP contribution in [0.4, 0.5) is 11.6 Å². The van der Waals surface area contributed by atoms with Crippen LogP contribution < -0.4 is 10.5 Å². The van der Waals surface area contributed by atoms with Crippen LogP contribution in [0.2, 0.25) is 0 Å². The molecule has 0 spiro atoms. The SMILES string of the molecule is CCc1c(C)nc2n(c1=O)CN(Cc1ccccn1)CN2c1cccc(C)c1.